The highest BCUT2D eigenvalue weighted by atomic mass is 16.6. The van der Waals surface area contributed by atoms with Crippen molar-refractivity contribution in [3.63, 3.8) is 0 Å². The molecular weight excluding hydrogens is 166 g/mol. The van der Waals surface area contributed by atoms with E-state index in [4.69, 9.17) is 9.57 Å². The molecule has 1 rings (SSSR count). The zero-order chi connectivity index (χ0) is 9.68. The van der Waals surface area contributed by atoms with Crippen molar-refractivity contribution in [3.8, 4) is 0 Å². The van der Waals surface area contributed by atoms with Gasteiger partial charge in [0.05, 0.1) is 18.8 Å². The Morgan fingerprint density at radius 1 is 1.46 bits per heavy atom. The van der Waals surface area contributed by atoms with Crippen LogP contribution in [-0.2, 0) is 9.57 Å². The molecule has 0 aromatic carbocycles. The number of hydroxylamine groups is 1. The van der Waals surface area contributed by atoms with Crippen molar-refractivity contribution >= 4 is 0 Å². The van der Waals surface area contributed by atoms with Crippen LogP contribution in [0, 0.1) is 5.92 Å². The number of nitrogens with one attached hydrogen (secondary N) is 1. The summed E-state index contributed by atoms with van der Waals surface area (Å²) in [6.07, 6.45) is 3.11. The molecule has 2 unspecified atom stereocenters. The Balaban J connectivity index is 1.94. The lowest BCUT2D eigenvalue weighted by atomic mass is 10.2. The molecule has 3 nitrogen and oxygen atoms in total. The molecule has 13 heavy (non-hydrogen) atoms. The van der Waals surface area contributed by atoms with E-state index < -0.39 is 0 Å². The second-order valence-electron chi connectivity index (χ2n) is 4.20. The Kier molecular flexibility index (Phi) is 4.70. The van der Waals surface area contributed by atoms with Crippen molar-refractivity contribution in [2.45, 2.75) is 45.8 Å². The first-order chi connectivity index (χ1) is 6.18. The molecule has 0 amide bonds. The topological polar surface area (TPSA) is 30.5 Å². The standard InChI is InChI=1S/C10H21NO2/c1-8(2)7-12-11-6-10-5-4-9(3)13-10/h8-11H,4-7H2,1-3H3. The monoisotopic (exact) mass is 187 g/mol. The first-order valence-corrected chi connectivity index (χ1v) is 5.18. The minimum Gasteiger partial charge on any atom is -0.374 e. The zero-order valence-electron chi connectivity index (χ0n) is 8.88. The molecular formula is C10H21NO2. The summed E-state index contributed by atoms with van der Waals surface area (Å²) in [5.41, 5.74) is 2.95. The Morgan fingerprint density at radius 2 is 2.23 bits per heavy atom. The number of hydrogen-bond acceptors (Lipinski definition) is 3. The highest BCUT2D eigenvalue weighted by molar-refractivity contribution is 4.70. The Morgan fingerprint density at radius 3 is 2.77 bits per heavy atom. The maximum Gasteiger partial charge on any atom is 0.0727 e. The van der Waals surface area contributed by atoms with Crippen LogP contribution in [0.15, 0.2) is 0 Å². The van der Waals surface area contributed by atoms with Crippen LogP contribution in [0.4, 0.5) is 0 Å². The van der Waals surface area contributed by atoms with Crippen molar-refractivity contribution < 1.29 is 9.57 Å². The van der Waals surface area contributed by atoms with Gasteiger partial charge in [-0.15, -0.1) is 0 Å². The van der Waals surface area contributed by atoms with Crippen molar-refractivity contribution in [3.05, 3.63) is 0 Å². The van der Waals surface area contributed by atoms with Crippen molar-refractivity contribution in [2.75, 3.05) is 13.2 Å². The summed E-state index contributed by atoms with van der Waals surface area (Å²) in [6, 6.07) is 0. The predicted octanol–water partition coefficient (Wildman–Crippen LogP) is 1.73. The van der Waals surface area contributed by atoms with Crippen LogP contribution < -0.4 is 5.48 Å². The van der Waals surface area contributed by atoms with Crippen molar-refractivity contribution in [1.29, 1.82) is 0 Å². The average molecular weight is 187 g/mol. The molecule has 0 aliphatic carbocycles. The summed E-state index contributed by atoms with van der Waals surface area (Å²) >= 11 is 0. The molecule has 0 aromatic rings. The highest BCUT2D eigenvalue weighted by Crippen LogP contribution is 2.17. The van der Waals surface area contributed by atoms with Crippen molar-refractivity contribution in [1.82, 2.24) is 5.48 Å². The minimum absolute atomic E-state index is 0.349. The third-order valence-electron chi connectivity index (χ3n) is 2.15. The largest absolute Gasteiger partial charge is 0.374 e. The summed E-state index contributed by atoms with van der Waals surface area (Å²) in [7, 11) is 0. The second-order valence-corrected chi connectivity index (χ2v) is 4.20. The smallest absolute Gasteiger partial charge is 0.0727 e. The molecule has 0 spiro atoms. The molecule has 0 radical (unpaired) electrons. The van der Waals surface area contributed by atoms with Gasteiger partial charge in [-0.25, -0.2) is 0 Å². The van der Waals surface area contributed by atoms with Gasteiger partial charge in [-0.1, -0.05) is 13.8 Å². The van der Waals surface area contributed by atoms with E-state index in [9.17, 15) is 0 Å². The molecule has 3 heteroatoms. The first-order valence-electron chi connectivity index (χ1n) is 5.18. The fourth-order valence-corrected chi connectivity index (χ4v) is 1.41. The van der Waals surface area contributed by atoms with Crippen LogP contribution in [0.25, 0.3) is 0 Å². The molecule has 78 valence electrons. The molecule has 1 aliphatic rings. The number of rotatable bonds is 5. The van der Waals surface area contributed by atoms with Crippen LogP contribution in [0.1, 0.15) is 33.6 Å². The van der Waals surface area contributed by atoms with E-state index in [1.807, 2.05) is 0 Å². The summed E-state index contributed by atoms with van der Waals surface area (Å²) in [4.78, 5) is 5.26. The van der Waals surface area contributed by atoms with Crippen LogP contribution in [0.3, 0.4) is 0 Å². The number of ether oxygens (including phenoxy) is 1. The fraction of sp³-hybridized carbons (Fsp3) is 1.00. The van der Waals surface area contributed by atoms with Gasteiger partial charge in [0.2, 0.25) is 0 Å². The maximum absolute atomic E-state index is 5.63. The molecule has 0 bridgehead atoms. The lowest BCUT2D eigenvalue weighted by Gasteiger charge is -2.12. The molecule has 1 fully saturated rings. The molecule has 0 saturated carbocycles. The van der Waals surface area contributed by atoms with Crippen LogP contribution in [-0.4, -0.2) is 25.4 Å². The second kappa shape index (κ2) is 5.58. The molecule has 1 heterocycles. The summed E-state index contributed by atoms with van der Waals surface area (Å²) in [5, 5.41) is 0. The molecule has 1 aliphatic heterocycles. The highest BCUT2D eigenvalue weighted by Gasteiger charge is 2.21. The Labute approximate surface area is 80.7 Å². The van der Waals surface area contributed by atoms with Gasteiger partial charge in [-0.05, 0) is 25.7 Å². The quantitative estimate of drug-likeness (QED) is 0.525. The zero-order valence-corrected chi connectivity index (χ0v) is 8.88. The molecule has 1 N–H and O–H groups in total. The van der Waals surface area contributed by atoms with Crippen molar-refractivity contribution in [2.24, 2.45) is 5.92 Å². The maximum atomic E-state index is 5.63. The van der Waals surface area contributed by atoms with E-state index in [-0.39, 0.29) is 0 Å². The van der Waals surface area contributed by atoms with E-state index in [0.29, 0.717) is 18.1 Å². The average Bonchev–Trinajstić information content (AvgIpc) is 2.45. The third kappa shape index (κ3) is 4.60. The van der Waals surface area contributed by atoms with Gasteiger partial charge >= 0.3 is 0 Å². The van der Waals surface area contributed by atoms with E-state index in [1.54, 1.807) is 0 Å². The van der Waals surface area contributed by atoms with Crippen LogP contribution in [0.5, 0.6) is 0 Å². The van der Waals surface area contributed by atoms with Gasteiger partial charge in [0, 0.05) is 6.54 Å². The van der Waals surface area contributed by atoms with E-state index in [1.165, 1.54) is 6.42 Å². The van der Waals surface area contributed by atoms with Gasteiger partial charge in [-0.3, -0.25) is 0 Å². The minimum atomic E-state index is 0.349. The van der Waals surface area contributed by atoms with Crippen LogP contribution >= 0.6 is 0 Å². The lowest BCUT2D eigenvalue weighted by Crippen LogP contribution is -2.28. The number of hydrogen-bond donors (Lipinski definition) is 1. The summed E-state index contributed by atoms with van der Waals surface area (Å²) in [5.74, 6) is 0.580. The summed E-state index contributed by atoms with van der Waals surface area (Å²) in [6.45, 7) is 7.97. The van der Waals surface area contributed by atoms with Gasteiger partial charge in [0.1, 0.15) is 0 Å². The third-order valence-corrected chi connectivity index (χ3v) is 2.15. The molecule has 2 atom stereocenters. The van der Waals surface area contributed by atoms with Gasteiger partial charge in [0.25, 0.3) is 0 Å². The SMILES string of the molecule is CC(C)CONCC1CCC(C)O1. The lowest BCUT2D eigenvalue weighted by molar-refractivity contribution is -0.0171. The fourth-order valence-electron chi connectivity index (χ4n) is 1.41. The molecule has 1 saturated heterocycles. The van der Waals surface area contributed by atoms with E-state index in [2.05, 4.69) is 26.3 Å². The normalized spacial score (nSPS) is 28.6. The molecule has 0 aromatic heterocycles. The summed E-state index contributed by atoms with van der Waals surface area (Å²) < 4.78 is 5.63. The van der Waals surface area contributed by atoms with Gasteiger partial charge < -0.3 is 9.57 Å². The van der Waals surface area contributed by atoms with Gasteiger partial charge in [0.15, 0.2) is 0 Å². The van der Waals surface area contributed by atoms with Gasteiger partial charge in [-0.2, -0.15) is 5.48 Å². The Bertz CT molecular complexity index is 139. The van der Waals surface area contributed by atoms with E-state index in [0.717, 1.165) is 19.6 Å². The van der Waals surface area contributed by atoms with Crippen LogP contribution in [0.2, 0.25) is 0 Å². The first kappa shape index (κ1) is 11.0. The Hall–Kier alpha value is -0.120. The predicted molar refractivity (Wildman–Crippen MR) is 52.4 cm³/mol. The van der Waals surface area contributed by atoms with E-state index >= 15 is 0 Å².